The molecule has 0 saturated carbocycles. The van der Waals surface area contributed by atoms with E-state index in [9.17, 15) is 4.79 Å². The molecule has 0 amide bonds. The molecule has 18 heavy (non-hydrogen) atoms. The van der Waals surface area contributed by atoms with Gasteiger partial charge in [-0.15, -0.1) is 11.3 Å². The Morgan fingerprint density at radius 2 is 1.83 bits per heavy atom. The molecule has 2 rings (SSSR count). The summed E-state index contributed by atoms with van der Waals surface area (Å²) in [5.41, 5.74) is 8.56. The van der Waals surface area contributed by atoms with Gasteiger partial charge in [0.05, 0.1) is 7.57 Å². The highest BCUT2D eigenvalue weighted by Gasteiger charge is 2.18. The molecule has 6 heteroatoms. The molecular formula is C12H8Br3NOS. The number of carbonyl (C=O) groups excluding carboxylic acids is 1. The summed E-state index contributed by atoms with van der Waals surface area (Å²) < 4.78 is 2.54. The van der Waals surface area contributed by atoms with Crippen LogP contribution in [-0.2, 0) is 0 Å². The van der Waals surface area contributed by atoms with Gasteiger partial charge in [-0.1, -0.05) is 15.9 Å². The molecule has 0 aliphatic rings. The van der Waals surface area contributed by atoms with Crippen LogP contribution in [0.1, 0.15) is 21.5 Å². The Morgan fingerprint density at radius 3 is 2.39 bits per heavy atom. The van der Waals surface area contributed by atoms with Gasteiger partial charge in [0, 0.05) is 21.3 Å². The molecular weight excluding hydrogens is 446 g/mol. The molecule has 2 aromatic rings. The van der Waals surface area contributed by atoms with Crippen molar-refractivity contribution < 1.29 is 4.79 Å². The van der Waals surface area contributed by atoms with Gasteiger partial charge in [-0.2, -0.15) is 0 Å². The fourth-order valence-electron chi connectivity index (χ4n) is 1.58. The maximum atomic E-state index is 12.5. The third kappa shape index (κ3) is 2.71. The zero-order chi connectivity index (χ0) is 13.4. The molecule has 0 spiro atoms. The Labute approximate surface area is 134 Å². The number of benzene rings is 1. The van der Waals surface area contributed by atoms with Crippen molar-refractivity contribution in [3.8, 4) is 0 Å². The quantitative estimate of drug-likeness (QED) is 0.504. The van der Waals surface area contributed by atoms with E-state index >= 15 is 0 Å². The minimum atomic E-state index is -0.0330. The van der Waals surface area contributed by atoms with Gasteiger partial charge in [0.2, 0.25) is 0 Å². The molecule has 94 valence electrons. The van der Waals surface area contributed by atoms with Gasteiger partial charge in [-0.3, -0.25) is 4.79 Å². The minimum Gasteiger partial charge on any atom is -0.398 e. The maximum Gasteiger partial charge on any atom is 0.195 e. The first-order valence-electron chi connectivity index (χ1n) is 4.95. The second kappa shape index (κ2) is 5.45. The lowest BCUT2D eigenvalue weighted by Crippen LogP contribution is -2.05. The molecule has 2 N–H and O–H groups in total. The normalized spacial score (nSPS) is 10.7. The molecule has 0 aliphatic heterocycles. The van der Waals surface area contributed by atoms with E-state index in [1.807, 2.05) is 13.0 Å². The van der Waals surface area contributed by atoms with Crippen LogP contribution in [0.3, 0.4) is 0 Å². The highest BCUT2D eigenvalue weighted by atomic mass is 79.9. The largest absolute Gasteiger partial charge is 0.398 e. The van der Waals surface area contributed by atoms with Crippen LogP contribution in [0.2, 0.25) is 0 Å². The number of thiophene rings is 1. The predicted molar refractivity (Wildman–Crippen MR) is 86.4 cm³/mol. The van der Waals surface area contributed by atoms with Crippen molar-refractivity contribution >= 4 is 70.6 Å². The maximum absolute atomic E-state index is 12.5. The van der Waals surface area contributed by atoms with Crippen molar-refractivity contribution in [2.75, 3.05) is 5.73 Å². The fourth-order valence-corrected chi connectivity index (χ4v) is 4.85. The van der Waals surface area contributed by atoms with Crippen LogP contribution < -0.4 is 5.73 Å². The van der Waals surface area contributed by atoms with Crippen LogP contribution in [0.5, 0.6) is 0 Å². The zero-order valence-corrected chi connectivity index (χ0v) is 14.8. The standard InChI is InChI=1S/C12H8Br3NOS/c1-5-7(2-6(13)3-9(5)16)11(17)8-4-10(14)18-12(8)15/h2-4H,16H2,1H3. The Balaban J connectivity index is 2.56. The average Bonchev–Trinajstić information content (AvgIpc) is 2.62. The molecule has 0 unspecified atom stereocenters. The first-order valence-corrected chi connectivity index (χ1v) is 8.15. The lowest BCUT2D eigenvalue weighted by molar-refractivity contribution is 0.103. The molecule has 0 fully saturated rings. The van der Waals surface area contributed by atoms with E-state index in [1.54, 1.807) is 12.1 Å². The van der Waals surface area contributed by atoms with Gasteiger partial charge in [0.1, 0.15) is 0 Å². The summed E-state index contributed by atoms with van der Waals surface area (Å²) in [6.07, 6.45) is 0. The number of rotatable bonds is 2. The molecule has 0 saturated heterocycles. The molecule has 2 nitrogen and oxygen atoms in total. The van der Waals surface area contributed by atoms with Crippen molar-refractivity contribution in [2.24, 2.45) is 0 Å². The van der Waals surface area contributed by atoms with Crippen molar-refractivity contribution in [3.05, 3.63) is 46.9 Å². The Hall–Kier alpha value is -0.170. The van der Waals surface area contributed by atoms with Gasteiger partial charge < -0.3 is 5.73 Å². The number of hydrogen-bond acceptors (Lipinski definition) is 3. The number of nitrogen functional groups attached to an aromatic ring is 1. The molecule has 1 heterocycles. The zero-order valence-electron chi connectivity index (χ0n) is 9.26. The summed E-state index contributed by atoms with van der Waals surface area (Å²) in [6.45, 7) is 1.85. The number of anilines is 1. The molecule has 0 atom stereocenters. The van der Waals surface area contributed by atoms with Gasteiger partial charge in [-0.05, 0) is 62.5 Å². The predicted octanol–water partition coefficient (Wildman–Crippen LogP) is 5.16. The van der Waals surface area contributed by atoms with E-state index in [4.69, 9.17) is 5.73 Å². The molecule has 1 aromatic carbocycles. The second-order valence-corrected chi connectivity index (χ2v) is 8.40. The highest BCUT2D eigenvalue weighted by Crippen LogP contribution is 2.34. The van der Waals surface area contributed by atoms with E-state index in [1.165, 1.54) is 11.3 Å². The van der Waals surface area contributed by atoms with E-state index in [-0.39, 0.29) is 5.78 Å². The minimum absolute atomic E-state index is 0.0330. The van der Waals surface area contributed by atoms with Gasteiger partial charge >= 0.3 is 0 Å². The lowest BCUT2D eigenvalue weighted by atomic mass is 10.00. The number of hydrogen-bond donors (Lipinski definition) is 1. The number of carbonyl (C=O) groups is 1. The smallest absolute Gasteiger partial charge is 0.195 e. The second-order valence-electron chi connectivity index (χ2n) is 3.73. The van der Waals surface area contributed by atoms with Crippen LogP contribution in [0.4, 0.5) is 5.69 Å². The Morgan fingerprint density at radius 1 is 1.17 bits per heavy atom. The molecule has 0 bridgehead atoms. The summed E-state index contributed by atoms with van der Waals surface area (Å²) in [7, 11) is 0. The van der Waals surface area contributed by atoms with Crippen LogP contribution >= 0.6 is 59.1 Å². The van der Waals surface area contributed by atoms with E-state index in [0.717, 1.165) is 17.6 Å². The van der Waals surface area contributed by atoms with Crippen molar-refractivity contribution in [1.29, 1.82) is 0 Å². The van der Waals surface area contributed by atoms with Crippen LogP contribution in [0, 0.1) is 6.92 Å². The summed E-state index contributed by atoms with van der Waals surface area (Å²) in [5.74, 6) is -0.0330. The highest BCUT2D eigenvalue weighted by molar-refractivity contribution is 9.12. The summed E-state index contributed by atoms with van der Waals surface area (Å²) in [4.78, 5) is 12.5. The lowest BCUT2D eigenvalue weighted by Gasteiger charge is -2.08. The first-order chi connectivity index (χ1) is 8.40. The number of ketones is 1. The first kappa shape index (κ1) is 14.2. The molecule has 1 aromatic heterocycles. The van der Waals surface area contributed by atoms with Gasteiger partial charge in [0.15, 0.2) is 5.78 Å². The average molecular weight is 454 g/mol. The summed E-state index contributed by atoms with van der Waals surface area (Å²) in [5, 5.41) is 0. The van der Waals surface area contributed by atoms with E-state index in [0.29, 0.717) is 16.8 Å². The summed E-state index contributed by atoms with van der Waals surface area (Å²) in [6, 6.07) is 5.41. The number of nitrogens with two attached hydrogens (primary N) is 1. The van der Waals surface area contributed by atoms with Crippen LogP contribution in [0.25, 0.3) is 0 Å². The molecule has 0 radical (unpaired) electrons. The third-order valence-corrected chi connectivity index (χ3v) is 5.36. The van der Waals surface area contributed by atoms with Crippen LogP contribution in [0.15, 0.2) is 30.2 Å². The van der Waals surface area contributed by atoms with Gasteiger partial charge in [0.25, 0.3) is 0 Å². The van der Waals surface area contributed by atoms with Crippen molar-refractivity contribution in [3.63, 3.8) is 0 Å². The SMILES string of the molecule is Cc1c(N)cc(Br)cc1C(=O)c1cc(Br)sc1Br. The van der Waals surface area contributed by atoms with E-state index < -0.39 is 0 Å². The van der Waals surface area contributed by atoms with E-state index in [2.05, 4.69) is 47.8 Å². The summed E-state index contributed by atoms with van der Waals surface area (Å²) >= 11 is 11.6. The Kier molecular flexibility index (Phi) is 4.31. The Bertz CT molecular complexity index is 636. The molecule has 0 aliphatic carbocycles. The topological polar surface area (TPSA) is 43.1 Å². The third-order valence-electron chi connectivity index (χ3n) is 2.56. The monoisotopic (exact) mass is 451 g/mol. The van der Waals surface area contributed by atoms with Gasteiger partial charge in [-0.25, -0.2) is 0 Å². The van der Waals surface area contributed by atoms with Crippen molar-refractivity contribution in [1.82, 2.24) is 0 Å². The van der Waals surface area contributed by atoms with Crippen LogP contribution in [-0.4, -0.2) is 5.78 Å². The fraction of sp³-hybridized carbons (Fsp3) is 0.0833. The number of halogens is 3. The van der Waals surface area contributed by atoms with Crippen molar-refractivity contribution in [2.45, 2.75) is 6.92 Å².